The Bertz CT molecular complexity index is 1220. The maximum absolute atomic E-state index is 12.5. The predicted octanol–water partition coefficient (Wildman–Crippen LogP) is 1.43. The van der Waals surface area contributed by atoms with Gasteiger partial charge in [0.25, 0.3) is 5.91 Å². The summed E-state index contributed by atoms with van der Waals surface area (Å²) in [5.41, 5.74) is 1.07. The van der Waals surface area contributed by atoms with Crippen molar-refractivity contribution in [3.05, 3.63) is 28.6 Å². The van der Waals surface area contributed by atoms with E-state index in [1.165, 1.54) is 14.2 Å². The molecule has 1 aromatic heterocycles. The molecule has 1 N–H and O–H groups in total. The Hall–Kier alpha value is -2.57. The normalized spacial score (nSPS) is 15.4. The molecule has 1 heterocycles. The lowest BCUT2D eigenvalue weighted by atomic mass is 9.95. The van der Waals surface area contributed by atoms with Gasteiger partial charge in [0.2, 0.25) is 5.91 Å². The molecule has 0 radical (unpaired) electrons. The molecule has 0 bridgehead atoms. The Labute approximate surface area is 201 Å². The number of aromatic nitrogens is 1. The molecular formula is C22H29N3O7S2. The van der Waals surface area contributed by atoms with Crippen LogP contribution >= 0.6 is 11.3 Å². The fourth-order valence-corrected chi connectivity index (χ4v) is 6.03. The summed E-state index contributed by atoms with van der Waals surface area (Å²) in [6, 6.07) is 4.93. The van der Waals surface area contributed by atoms with Gasteiger partial charge in [-0.25, -0.2) is 13.2 Å². The zero-order chi connectivity index (χ0) is 24.7. The second kappa shape index (κ2) is 11.7. The van der Waals surface area contributed by atoms with E-state index in [0.29, 0.717) is 23.4 Å². The molecule has 0 atom stereocenters. The lowest BCUT2D eigenvalue weighted by Crippen LogP contribution is -2.40. The van der Waals surface area contributed by atoms with Crippen LogP contribution < -0.4 is 10.1 Å². The van der Waals surface area contributed by atoms with Crippen LogP contribution in [-0.4, -0.2) is 69.1 Å². The van der Waals surface area contributed by atoms with E-state index in [2.05, 4.69) is 10.3 Å². The van der Waals surface area contributed by atoms with E-state index in [-0.39, 0.29) is 10.8 Å². The number of rotatable bonds is 9. The number of benzene rings is 1. The van der Waals surface area contributed by atoms with Gasteiger partial charge in [-0.3, -0.25) is 9.59 Å². The standard InChI is InChI=1S/C22H29N3O7S2/c1-31-11-10-25-17-9-8-15(21(28)32-2)12-18(17)33-22(25)24-20(27)14-34(29,30)13-19(26)23-16-6-4-3-5-7-16/h8-9,12,16H,3-7,10-11,13-14H2,1-2H3,(H,23,26). The third-order valence-electron chi connectivity index (χ3n) is 5.51. The molecule has 1 fully saturated rings. The zero-order valence-corrected chi connectivity index (χ0v) is 20.9. The van der Waals surface area contributed by atoms with Crippen molar-refractivity contribution in [2.75, 3.05) is 32.3 Å². The Morgan fingerprint density at radius 2 is 1.88 bits per heavy atom. The number of nitrogens with one attached hydrogen (secondary N) is 1. The summed E-state index contributed by atoms with van der Waals surface area (Å²) in [6.45, 7) is 0.711. The Balaban J connectivity index is 1.78. The van der Waals surface area contributed by atoms with Gasteiger partial charge in [0.05, 0.1) is 29.5 Å². The molecule has 2 amide bonds. The lowest BCUT2D eigenvalue weighted by Gasteiger charge is -2.22. The quantitative estimate of drug-likeness (QED) is 0.504. The minimum atomic E-state index is -3.98. The number of carbonyl (C=O) groups excluding carboxylic acids is 3. The van der Waals surface area contributed by atoms with Crippen molar-refractivity contribution in [3.8, 4) is 0 Å². The molecule has 1 aromatic carbocycles. The van der Waals surface area contributed by atoms with Crippen LogP contribution in [0, 0.1) is 0 Å². The highest BCUT2D eigenvalue weighted by molar-refractivity contribution is 7.92. The number of hydrogen-bond acceptors (Lipinski definition) is 8. The summed E-state index contributed by atoms with van der Waals surface area (Å²) in [5, 5.41) is 2.75. The van der Waals surface area contributed by atoms with E-state index in [4.69, 9.17) is 9.47 Å². The molecule has 34 heavy (non-hydrogen) atoms. The summed E-state index contributed by atoms with van der Waals surface area (Å²) < 4.78 is 37.2. The van der Waals surface area contributed by atoms with Crippen molar-refractivity contribution in [1.29, 1.82) is 0 Å². The minimum absolute atomic E-state index is 0.00925. The number of nitrogens with zero attached hydrogens (tertiary/aromatic N) is 2. The molecule has 0 spiro atoms. The van der Waals surface area contributed by atoms with Gasteiger partial charge in [-0.1, -0.05) is 30.6 Å². The first-order valence-electron chi connectivity index (χ1n) is 11.0. The molecule has 0 unspecified atom stereocenters. The predicted molar refractivity (Wildman–Crippen MR) is 127 cm³/mol. The summed E-state index contributed by atoms with van der Waals surface area (Å²) in [4.78, 5) is 40.9. The maximum atomic E-state index is 12.5. The largest absolute Gasteiger partial charge is 0.465 e. The van der Waals surface area contributed by atoms with Crippen LogP contribution in [0.2, 0.25) is 0 Å². The number of ether oxygens (including phenoxy) is 2. The summed E-state index contributed by atoms with van der Waals surface area (Å²) in [7, 11) is -1.15. The van der Waals surface area contributed by atoms with E-state index in [1.54, 1.807) is 22.8 Å². The third-order valence-corrected chi connectivity index (χ3v) is 7.94. The van der Waals surface area contributed by atoms with Crippen molar-refractivity contribution in [3.63, 3.8) is 0 Å². The second-order valence-electron chi connectivity index (χ2n) is 8.14. The Morgan fingerprint density at radius 1 is 1.15 bits per heavy atom. The van der Waals surface area contributed by atoms with Crippen LogP contribution in [-0.2, 0) is 35.4 Å². The van der Waals surface area contributed by atoms with Gasteiger partial charge in [-0.15, -0.1) is 0 Å². The average molecular weight is 512 g/mol. The minimum Gasteiger partial charge on any atom is -0.465 e. The highest BCUT2D eigenvalue weighted by Gasteiger charge is 2.23. The van der Waals surface area contributed by atoms with Crippen LogP contribution in [0.1, 0.15) is 42.5 Å². The number of carbonyl (C=O) groups is 3. The van der Waals surface area contributed by atoms with Crippen molar-refractivity contribution >= 4 is 49.2 Å². The molecule has 1 aliphatic carbocycles. The second-order valence-corrected chi connectivity index (χ2v) is 11.2. The fraction of sp³-hybridized carbons (Fsp3) is 0.545. The average Bonchev–Trinajstić information content (AvgIpc) is 3.12. The number of thiazole rings is 1. The van der Waals surface area contributed by atoms with E-state index in [9.17, 15) is 22.8 Å². The van der Waals surface area contributed by atoms with Crippen LogP contribution in [0.5, 0.6) is 0 Å². The first-order chi connectivity index (χ1) is 16.2. The van der Waals surface area contributed by atoms with Gasteiger partial charge < -0.3 is 19.4 Å². The molecule has 2 aromatic rings. The lowest BCUT2D eigenvalue weighted by molar-refractivity contribution is -0.119. The molecule has 1 saturated carbocycles. The van der Waals surface area contributed by atoms with Crippen molar-refractivity contribution in [2.24, 2.45) is 4.99 Å². The molecule has 12 heteroatoms. The van der Waals surface area contributed by atoms with E-state index >= 15 is 0 Å². The molecule has 186 valence electrons. The summed E-state index contributed by atoms with van der Waals surface area (Å²) >= 11 is 1.15. The number of sulfone groups is 1. The molecule has 0 aliphatic heterocycles. The number of esters is 1. The van der Waals surface area contributed by atoms with Crippen LogP contribution in [0.3, 0.4) is 0 Å². The summed E-state index contributed by atoms with van der Waals surface area (Å²) in [5.74, 6) is -3.56. The van der Waals surface area contributed by atoms with Gasteiger partial charge in [0, 0.05) is 19.7 Å². The topological polar surface area (TPSA) is 133 Å². The van der Waals surface area contributed by atoms with E-state index in [1.807, 2.05) is 0 Å². The van der Waals surface area contributed by atoms with Crippen LogP contribution in [0.4, 0.5) is 0 Å². The number of amides is 2. The van der Waals surface area contributed by atoms with Crippen molar-refractivity contribution in [2.45, 2.75) is 44.7 Å². The highest BCUT2D eigenvalue weighted by Crippen LogP contribution is 2.20. The van der Waals surface area contributed by atoms with E-state index < -0.39 is 39.1 Å². The van der Waals surface area contributed by atoms with Crippen molar-refractivity contribution in [1.82, 2.24) is 9.88 Å². The molecular weight excluding hydrogens is 482 g/mol. The van der Waals surface area contributed by atoms with Gasteiger partial charge >= 0.3 is 5.97 Å². The molecule has 1 aliphatic rings. The van der Waals surface area contributed by atoms with Gasteiger partial charge in [0.1, 0.15) is 11.5 Å². The zero-order valence-electron chi connectivity index (χ0n) is 19.2. The van der Waals surface area contributed by atoms with Crippen LogP contribution in [0.25, 0.3) is 10.2 Å². The first kappa shape index (κ1) is 26.0. The third kappa shape index (κ3) is 6.97. The van der Waals surface area contributed by atoms with E-state index in [0.717, 1.165) is 49.0 Å². The van der Waals surface area contributed by atoms with Crippen LogP contribution in [0.15, 0.2) is 23.2 Å². The van der Waals surface area contributed by atoms with Gasteiger partial charge in [0.15, 0.2) is 14.6 Å². The van der Waals surface area contributed by atoms with Crippen molar-refractivity contribution < 1.29 is 32.3 Å². The van der Waals surface area contributed by atoms with Gasteiger partial charge in [-0.2, -0.15) is 4.99 Å². The smallest absolute Gasteiger partial charge is 0.337 e. The first-order valence-corrected chi connectivity index (χ1v) is 13.6. The number of hydrogen-bond donors (Lipinski definition) is 1. The summed E-state index contributed by atoms with van der Waals surface area (Å²) in [6.07, 6.45) is 4.81. The number of methoxy groups -OCH3 is 2. The maximum Gasteiger partial charge on any atom is 0.337 e. The molecule has 0 saturated heterocycles. The fourth-order valence-electron chi connectivity index (χ4n) is 3.90. The molecule has 3 rings (SSSR count). The monoisotopic (exact) mass is 511 g/mol. The van der Waals surface area contributed by atoms with Gasteiger partial charge in [-0.05, 0) is 31.0 Å². The highest BCUT2D eigenvalue weighted by atomic mass is 32.2. The SMILES string of the molecule is COCCn1c(=NC(=O)CS(=O)(=O)CC(=O)NC2CCCCC2)sc2cc(C(=O)OC)ccc21. The number of fused-ring (bicyclic) bond motifs is 1. The Kier molecular flexibility index (Phi) is 8.97. The molecule has 10 nitrogen and oxygen atoms in total. The Morgan fingerprint density at radius 3 is 2.56 bits per heavy atom.